The van der Waals surface area contributed by atoms with Gasteiger partial charge in [0.25, 0.3) is 0 Å². The molecule has 13 heteroatoms. The van der Waals surface area contributed by atoms with Gasteiger partial charge in [-0.1, -0.05) is 13.8 Å². The first-order valence-electron chi connectivity index (χ1n) is 9.73. The van der Waals surface area contributed by atoms with E-state index in [-0.39, 0.29) is 18.9 Å². The molecular formula is C18H32N6O7. The molecule has 0 aliphatic rings. The van der Waals surface area contributed by atoms with Crippen molar-refractivity contribution in [2.45, 2.75) is 45.3 Å². The molecular weight excluding hydrogens is 412 g/mol. The van der Waals surface area contributed by atoms with Crippen molar-refractivity contribution < 1.29 is 33.9 Å². The van der Waals surface area contributed by atoms with Crippen molar-refractivity contribution in [3.63, 3.8) is 0 Å². The average Bonchev–Trinajstić information content (AvgIpc) is 2.71. The van der Waals surface area contributed by atoms with E-state index >= 15 is 0 Å². The highest BCUT2D eigenvalue weighted by atomic mass is 16.3. The topological polar surface area (TPSA) is 209 Å². The van der Waals surface area contributed by atoms with Gasteiger partial charge in [0.1, 0.15) is 18.4 Å². The van der Waals surface area contributed by atoms with Crippen LogP contribution in [0.1, 0.15) is 27.2 Å². The summed E-state index contributed by atoms with van der Waals surface area (Å²) in [7, 11) is 0. The molecule has 176 valence electrons. The molecule has 3 atom stereocenters. The van der Waals surface area contributed by atoms with E-state index < -0.39 is 67.4 Å². The van der Waals surface area contributed by atoms with Gasteiger partial charge in [-0.2, -0.15) is 0 Å². The van der Waals surface area contributed by atoms with Crippen LogP contribution in [0.15, 0.2) is 0 Å². The maximum atomic E-state index is 12.5. The third kappa shape index (κ3) is 12.3. The van der Waals surface area contributed by atoms with Crippen molar-refractivity contribution in [1.29, 1.82) is 0 Å². The fraction of sp³-hybridized carbons (Fsp3) is 0.667. The first-order valence-corrected chi connectivity index (χ1v) is 9.73. The van der Waals surface area contributed by atoms with Gasteiger partial charge < -0.3 is 42.2 Å². The molecule has 0 aromatic heterocycles. The first-order chi connectivity index (χ1) is 14.5. The molecule has 0 fully saturated rings. The molecule has 0 saturated carbocycles. The lowest BCUT2D eigenvalue weighted by atomic mass is 10.0. The Morgan fingerprint density at radius 2 is 1.39 bits per heavy atom. The summed E-state index contributed by atoms with van der Waals surface area (Å²) in [6.45, 7) is 3.30. The number of carbonyl (C=O) groups excluding carboxylic acids is 6. The number of carbonyl (C=O) groups is 6. The Labute approximate surface area is 180 Å². The van der Waals surface area contributed by atoms with E-state index in [1.165, 1.54) is 6.92 Å². The Morgan fingerprint density at radius 1 is 0.839 bits per heavy atom. The van der Waals surface area contributed by atoms with Gasteiger partial charge in [0.2, 0.25) is 29.5 Å². The third-order valence-electron chi connectivity index (χ3n) is 3.82. The van der Waals surface area contributed by atoms with Crippen molar-refractivity contribution >= 4 is 35.8 Å². The van der Waals surface area contributed by atoms with Gasteiger partial charge in [0, 0.05) is 0 Å². The summed E-state index contributed by atoms with van der Waals surface area (Å²) in [5, 5.41) is 20.9. The zero-order chi connectivity index (χ0) is 24.0. The van der Waals surface area contributed by atoms with Gasteiger partial charge in [-0.05, 0) is 19.3 Å². The minimum absolute atomic E-state index is 0.0398. The van der Waals surface area contributed by atoms with Gasteiger partial charge in [-0.25, -0.2) is 0 Å². The second-order valence-corrected chi connectivity index (χ2v) is 7.19. The van der Waals surface area contributed by atoms with Crippen LogP contribution in [0.5, 0.6) is 0 Å². The third-order valence-corrected chi connectivity index (χ3v) is 3.82. The second-order valence-electron chi connectivity index (χ2n) is 7.19. The molecule has 13 nitrogen and oxygen atoms in total. The average molecular weight is 444 g/mol. The quantitative estimate of drug-likeness (QED) is 0.131. The smallest absolute Gasteiger partial charge is 0.245 e. The highest BCUT2D eigenvalue weighted by Crippen LogP contribution is 2.06. The number of hydrogen-bond acceptors (Lipinski definition) is 8. The van der Waals surface area contributed by atoms with Gasteiger partial charge in [-0.15, -0.1) is 0 Å². The largest absolute Gasteiger partial charge is 0.394 e. The number of aliphatic hydroxyl groups is 1. The lowest BCUT2D eigenvalue weighted by Crippen LogP contribution is -2.57. The SMILES string of the molecule is CC(C)C[C@H](NC(=O)[C@H](C)N)C(=O)N[C@@H](CO)C(=O)NCC(=O)NCC(=O)NCC=O. The summed E-state index contributed by atoms with van der Waals surface area (Å²) in [6.07, 6.45) is 0.760. The number of rotatable bonds is 14. The molecule has 0 rings (SSSR count). The standard InChI is InChI=1S/C18H32N6O7/c1-10(2)6-12(23-16(29)11(3)19)18(31)24-13(9-26)17(30)22-8-15(28)21-7-14(27)20-4-5-25/h5,10-13,26H,4,6-9,19H2,1-3H3,(H,20,27)(H,21,28)(H,22,30)(H,23,29)(H,24,31)/t11-,12-,13-/m0/s1. The molecule has 0 unspecified atom stereocenters. The number of nitrogens with one attached hydrogen (secondary N) is 5. The van der Waals surface area contributed by atoms with E-state index in [0.29, 0.717) is 6.29 Å². The van der Waals surface area contributed by atoms with E-state index in [1.54, 1.807) is 0 Å². The van der Waals surface area contributed by atoms with Crippen LogP contribution in [0.4, 0.5) is 0 Å². The van der Waals surface area contributed by atoms with Crippen LogP contribution in [0.3, 0.4) is 0 Å². The van der Waals surface area contributed by atoms with Crippen LogP contribution in [0.25, 0.3) is 0 Å². The van der Waals surface area contributed by atoms with Crippen LogP contribution >= 0.6 is 0 Å². The number of hydrogen-bond donors (Lipinski definition) is 7. The lowest BCUT2D eigenvalue weighted by Gasteiger charge is -2.23. The highest BCUT2D eigenvalue weighted by molar-refractivity contribution is 5.94. The zero-order valence-corrected chi connectivity index (χ0v) is 17.9. The molecule has 0 bridgehead atoms. The minimum atomic E-state index is -1.36. The van der Waals surface area contributed by atoms with E-state index in [0.717, 1.165) is 0 Å². The molecule has 0 aliphatic carbocycles. The number of amides is 5. The van der Waals surface area contributed by atoms with E-state index in [4.69, 9.17) is 5.73 Å². The summed E-state index contributed by atoms with van der Waals surface area (Å²) in [6, 6.07) is -3.16. The van der Waals surface area contributed by atoms with Crippen LogP contribution in [-0.4, -0.2) is 85.3 Å². The first kappa shape index (κ1) is 27.9. The van der Waals surface area contributed by atoms with E-state index in [9.17, 15) is 33.9 Å². The molecule has 0 saturated heterocycles. The summed E-state index contributed by atoms with van der Waals surface area (Å²) in [5.74, 6) is -3.30. The summed E-state index contributed by atoms with van der Waals surface area (Å²) in [4.78, 5) is 69.6. The van der Waals surface area contributed by atoms with E-state index in [2.05, 4.69) is 26.6 Å². The Kier molecular flexibility index (Phi) is 13.4. The molecule has 5 amide bonds. The normalized spacial score (nSPS) is 13.4. The Morgan fingerprint density at radius 3 is 1.90 bits per heavy atom. The van der Waals surface area contributed by atoms with Crippen LogP contribution in [0, 0.1) is 5.92 Å². The van der Waals surface area contributed by atoms with Gasteiger partial charge in [0.05, 0.1) is 32.3 Å². The van der Waals surface area contributed by atoms with Crippen molar-refractivity contribution in [1.82, 2.24) is 26.6 Å². The highest BCUT2D eigenvalue weighted by Gasteiger charge is 2.27. The molecule has 0 aromatic rings. The Hall–Kier alpha value is -3.06. The predicted octanol–water partition coefficient (Wildman–Crippen LogP) is -4.11. The Balaban J connectivity index is 4.72. The minimum Gasteiger partial charge on any atom is -0.394 e. The monoisotopic (exact) mass is 444 g/mol. The second kappa shape index (κ2) is 14.8. The summed E-state index contributed by atoms with van der Waals surface area (Å²) >= 11 is 0. The van der Waals surface area contributed by atoms with Crippen molar-refractivity contribution in [2.24, 2.45) is 11.7 Å². The van der Waals surface area contributed by atoms with Gasteiger partial charge in [0.15, 0.2) is 0 Å². The summed E-state index contributed by atoms with van der Waals surface area (Å²) < 4.78 is 0. The predicted molar refractivity (Wildman–Crippen MR) is 109 cm³/mol. The van der Waals surface area contributed by atoms with Crippen molar-refractivity contribution in [3.8, 4) is 0 Å². The molecule has 0 aliphatic heterocycles. The summed E-state index contributed by atoms with van der Waals surface area (Å²) in [5.41, 5.74) is 5.50. The lowest BCUT2D eigenvalue weighted by molar-refractivity contribution is -0.134. The van der Waals surface area contributed by atoms with Crippen LogP contribution in [-0.2, 0) is 28.8 Å². The molecule has 0 heterocycles. The Bertz CT molecular complexity index is 653. The fourth-order valence-electron chi connectivity index (χ4n) is 2.22. The molecule has 0 spiro atoms. The molecule has 8 N–H and O–H groups in total. The van der Waals surface area contributed by atoms with Crippen molar-refractivity contribution in [2.75, 3.05) is 26.2 Å². The van der Waals surface area contributed by atoms with Crippen LogP contribution < -0.4 is 32.3 Å². The number of aldehydes is 1. The van der Waals surface area contributed by atoms with Crippen LogP contribution in [0.2, 0.25) is 0 Å². The molecule has 0 aromatic carbocycles. The maximum absolute atomic E-state index is 12.5. The number of aliphatic hydroxyl groups excluding tert-OH is 1. The molecule has 0 radical (unpaired) electrons. The number of nitrogens with two attached hydrogens (primary N) is 1. The van der Waals surface area contributed by atoms with E-state index in [1.807, 2.05) is 13.8 Å². The maximum Gasteiger partial charge on any atom is 0.245 e. The van der Waals surface area contributed by atoms with Crippen molar-refractivity contribution in [3.05, 3.63) is 0 Å². The molecule has 31 heavy (non-hydrogen) atoms. The van der Waals surface area contributed by atoms with Gasteiger partial charge >= 0.3 is 0 Å². The fourth-order valence-corrected chi connectivity index (χ4v) is 2.22. The van der Waals surface area contributed by atoms with Gasteiger partial charge in [-0.3, -0.25) is 24.0 Å². The zero-order valence-electron chi connectivity index (χ0n) is 17.9.